The normalized spacial score (nSPS) is 15.5. The molecule has 0 bridgehead atoms. The maximum Gasteiger partial charge on any atom is 0.191 e. The SMILES string of the molecule is COc1ccc(-c2nc(CSc3nnc(-c4ccc(OC)cc4)n3CC3CCCO3)cs2)cc1. The van der Waals surface area contributed by atoms with Crippen LogP contribution in [0.25, 0.3) is 22.0 Å². The van der Waals surface area contributed by atoms with E-state index in [4.69, 9.17) is 19.2 Å². The van der Waals surface area contributed by atoms with Crippen molar-refractivity contribution in [2.24, 2.45) is 0 Å². The highest BCUT2D eigenvalue weighted by Gasteiger charge is 2.22. The molecule has 1 saturated heterocycles. The van der Waals surface area contributed by atoms with Gasteiger partial charge in [-0.05, 0) is 61.4 Å². The minimum atomic E-state index is 0.188. The number of thiazole rings is 1. The number of hydrogen-bond donors (Lipinski definition) is 0. The number of nitrogens with zero attached hydrogens (tertiary/aromatic N) is 4. The first-order valence-corrected chi connectivity index (χ1v) is 13.0. The molecule has 1 aliphatic rings. The molecule has 34 heavy (non-hydrogen) atoms. The number of aromatic nitrogens is 4. The summed E-state index contributed by atoms with van der Waals surface area (Å²) < 4.78 is 18.6. The molecular weight excluding hydrogens is 468 g/mol. The summed E-state index contributed by atoms with van der Waals surface area (Å²) in [5.41, 5.74) is 3.12. The van der Waals surface area contributed by atoms with Gasteiger partial charge in [0, 0.05) is 28.9 Å². The Labute approximate surface area is 207 Å². The van der Waals surface area contributed by atoms with Crippen LogP contribution in [0.4, 0.5) is 0 Å². The molecule has 0 spiro atoms. The van der Waals surface area contributed by atoms with Gasteiger partial charge in [-0.1, -0.05) is 11.8 Å². The van der Waals surface area contributed by atoms with Crippen molar-refractivity contribution < 1.29 is 14.2 Å². The molecular formula is C25H26N4O3S2. The lowest BCUT2D eigenvalue weighted by Gasteiger charge is -2.14. The maximum absolute atomic E-state index is 5.91. The largest absolute Gasteiger partial charge is 0.497 e. The minimum absolute atomic E-state index is 0.188. The van der Waals surface area contributed by atoms with Crippen molar-refractivity contribution in [3.63, 3.8) is 0 Å². The molecule has 0 saturated carbocycles. The Balaban J connectivity index is 1.34. The summed E-state index contributed by atoms with van der Waals surface area (Å²) in [7, 11) is 3.34. The summed E-state index contributed by atoms with van der Waals surface area (Å²) in [6.45, 7) is 1.56. The van der Waals surface area contributed by atoms with Crippen LogP contribution in [0.2, 0.25) is 0 Å². The molecule has 1 atom stereocenters. The number of benzene rings is 2. The molecule has 3 heterocycles. The van der Waals surface area contributed by atoms with Gasteiger partial charge in [-0.25, -0.2) is 4.98 Å². The Morgan fingerprint density at radius 1 is 1.00 bits per heavy atom. The van der Waals surface area contributed by atoms with Gasteiger partial charge in [0.25, 0.3) is 0 Å². The number of methoxy groups -OCH3 is 2. The van der Waals surface area contributed by atoms with Crippen molar-refractivity contribution in [1.82, 2.24) is 19.7 Å². The Kier molecular flexibility index (Phi) is 7.13. The van der Waals surface area contributed by atoms with Gasteiger partial charge in [0.15, 0.2) is 11.0 Å². The molecule has 7 nitrogen and oxygen atoms in total. The van der Waals surface area contributed by atoms with E-state index in [9.17, 15) is 0 Å². The highest BCUT2D eigenvalue weighted by molar-refractivity contribution is 7.98. The lowest BCUT2D eigenvalue weighted by atomic mass is 10.2. The molecule has 2 aromatic heterocycles. The molecule has 4 aromatic rings. The van der Waals surface area contributed by atoms with E-state index < -0.39 is 0 Å². The van der Waals surface area contributed by atoms with Crippen molar-refractivity contribution in [3.8, 4) is 33.5 Å². The van der Waals surface area contributed by atoms with E-state index in [1.165, 1.54) is 0 Å². The molecule has 5 rings (SSSR count). The number of rotatable bonds is 9. The van der Waals surface area contributed by atoms with Crippen LogP contribution in [0.1, 0.15) is 18.5 Å². The lowest BCUT2D eigenvalue weighted by molar-refractivity contribution is 0.0953. The van der Waals surface area contributed by atoms with Crippen LogP contribution in [0.3, 0.4) is 0 Å². The van der Waals surface area contributed by atoms with Crippen molar-refractivity contribution in [2.45, 2.75) is 36.4 Å². The highest BCUT2D eigenvalue weighted by atomic mass is 32.2. The minimum Gasteiger partial charge on any atom is -0.497 e. The first-order valence-electron chi connectivity index (χ1n) is 11.1. The van der Waals surface area contributed by atoms with E-state index in [2.05, 4.69) is 20.1 Å². The lowest BCUT2D eigenvalue weighted by Crippen LogP contribution is -2.16. The molecule has 1 unspecified atom stereocenters. The average molecular weight is 495 g/mol. The first-order chi connectivity index (χ1) is 16.7. The molecule has 0 radical (unpaired) electrons. The van der Waals surface area contributed by atoms with Crippen LogP contribution in [-0.4, -0.2) is 46.7 Å². The van der Waals surface area contributed by atoms with Gasteiger partial charge in [-0.2, -0.15) is 0 Å². The fraction of sp³-hybridized carbons (Fsp3) is 0.320. The van der Waals surface area contributed by atoms with E-state index in [0.717, 1.165) is 76.1 Å². The zero-order chi connectivity index (χ0) is 23.3. The maximum atomic E-state index is 5.91. The summed E-state index contributed by atoms with van der Waals surface area (Å²) in [4.78, 5) is 4.83. The van der Waals surface area contributed by atoms with E-state index >= 15 is 0 Å². The summed E-state index contributed by atoms with van der Waals surface area (Å²) in [5, 5.41) is 13.0. The third kappa shape index (κ3) is 5.11. The van der Waals surface area contributed by atoms with Crippen molar-refractivity contribution in [2.75, 3.05) is 20.8 Å². The third-order valence-electron chi connectivity index (χ3n) is 5.71. The monoisotopic (exact) mass is 494 g/mol. The predicted octanol–water partition coefficient (Wildman–Crippen LogP) is 5.56. The molecule has 1 fully saturated rings. The first kappa shape index (κ1) is 22.9. The summed E-state index contributed by atoms with van der Waals surface area (Å²) in [5.74, 6) is 3.23. The Morgan fingerprint density at radius 3 is 2.35 bits per heavy atom. The molecule has 1 aliphatic heterocycles. The topological polar surface area (TPSA) is 71.3 Å². The predicted molar refractivity (Wildman–Crippen MR) is 135 cm³/mol. The van der Waals surface area contributed by atoms with Gasteiger partial charge in [0.05, 0.1) is 32.6 Å². The van der Waals surface area contributed by atoms with Crippen molar-refractivity contribution in [3.05, 3.63) is 59.6 Å². The summed E-state index contributed by atoms with van der Waals surface area (Å²) in [6, 6.07) is 15.9. The van der Waals surface area contributed by atoms with Gasteiger partial charge in [-0.15, -0.1) is 21.5 Å². The number of thioether (sulfide) groups is 1. The Bertz CT molecular complexity index is 1220. The van der Waals surface area contributed by atoms with Gasteiger partial charge in [0.2, 0.25) is 0 Å². The Hall–Kier alpha value is -2.88. The second-order valence-corrected chi connectivity index (χ2v) is 9.74. The van der Waals surface area contributed by atoms with Crippen molar-refractivity contribution in [1.29, 1.82) is 0 Å². The molecule has 0 N–H and O–H groups in total. The fourth-order valence-electron chi connectivity index (χ4n) is 3.88. The summed E-state index contributed by atoms with van der Waals surface area (Å²) in [6.07, 6.45) is 2.34. The molecule has 9 heteroatoms. The van der Waals surface area contributed by atoms with Gasteiger partial charge in [0.1, 0.15) is 16.5 Å². The zero-order valence-electron chi connectivity index (χ0n) is 19.1. The van der Waals surface area contributed by atoms with E-state index in [1.54, 1.807) is 37.3 Å². The molecule has 0 aliphatic carbocycles. The highest BCUT2D eigenvalue weighted by Crippen LogP contribution is 2.31. The fourth-order valence-corrected chi connectivity index (χ4v) is 5.66. The smallest absolute Gasteiger partial charge is 0.191 e. The standard InChI is InChI=1S/C25H26N4O3S2/c1-30-20-9-5-17(6-10-20)23-27-28-25(29(23)14-22-4-3-13-32-22)34-16-19-15-33-24(26-19)18-7-11-21(31-2)12-8-18/h5-12,15,22H,3-4,13-14,16H2,1-2H3. The van der Waals surface area contributed by atoms with E-state index in [1.807, 2.05) is 48.5 Å². The number of hydrogen-bond acceptors (Lipinski definition) is 8. The van der Waals surface area contributed by atoms with Crippen molar-refractivity contribution >= 4 is 23.1 Å². The zero-order valence-corrected chi connectivity index (χ0v) is 20.8. The average Bonchev–Trinajstić information content (AvgIpc) is 3.65. The van der Waals surface area contributed by atoms with E-state index in [0.29, 0.717) is 0 Å². The van der Waals surface area contributed by atoms with Crippen LogP contribution in [0.5, 0.6) is 11.5 Å². The third-order valence-corrected chi connectivity index (χ3v) is 7.65. The van der Waals surface area contributed by atoms with Gasteiger partial charge < -0.3 is 14.2 Å². The molecule has 176 valence electrons. The second-order valence-electron chi connectivity index (χ2n) is 7.94. The van der Waals surface area contributed by atoms with Gasteiger partial charge in [-0.3, -0.25) is 4.57 Å². The van der Waals surface area contributed by atoms with Crippen LogP contribution < -0.4 is 9.47 Å². The Morgan fingerprint density at radius 2 is 1.71 bits per heavy atom. The van der Waals surface area contributed by atoms with Crippen LogP contribution in [-0.2, 0) is 17.0 Å². The molecule has 2 aromatic carbocycles. The van der Waals surface area contributed by atoms with Crippen LogP contribution >= 0.6 is 23.1 Å². The summed E-state index contributed by atoms with van der Waals surface area (Å²) >= 11 is 3.30. The van der Waals surface area contributed by atoms with E-state index in [-0.39, 0.29) is 6.10 Å². The van der Waals surface area contributed by atoms with Crippen LogP contribution in [0, 0.1) is 0 Å². The number of ether oxygens (including phenoxy) is 3. The quantitative estimate of drug-likeness (QED) is 0.282. The van der Waals surface area contributed by atoms with Crippen LogP contribution in [0.15, 0.2) is 59.1 Å². The van der Waals surface area contributed by atoms with Gasteiger partial charge >= 0.3 is 0 Å². The second kappa shape index (κ2) is 10.6. The molecule has 0 amide bonds.